The van der Waals surface area contributed by atoms with Gasteiger partial charge in [0.15, 0.2) is 0 Å². The van der Waals surface area contributed by atoms with E-state index in [2.05, 4.69) is 24.4 Å². The third-order valence-corrected chi connectivity index (χ3v) is 7.78. The molecular formula is C23H30N2O3S. The van der Waals surface area contributed by atoms with Crippen LogP contribution in [0.15, 0.2) is 53.4 Å². The number of benzene rings is 2. The molecule has 1 amide bonds. The number of hydrogen-bond acceptors (Lipinski definition) is 3. The largest absolute Gasteiger partial charge is 0.355 e. The van der Waals surface area contributed by atoms with E-state index in [1.807, 2.05) is 44.2 Å². The summed E-state index contributed by atoms with van der Waals surface area (Å²) in [6.07, 6.45) is 1.10. The first-order chi connectivity index (χ1) is 13.8. The molecule has 0 aromatic heterocycles. The third-order valence-electron chi connectivity index (χ3n) is 5.72. The minimum absolute atomic E-state index is 0.0244. The van der Waals surface area contributed by atoms with Crippen molar-refractivity contribution in [2.75, 3.05) is 19.6 Å². The zero-order valence-corrected chi connectivity index (χ0v) is 18.2. The van der Waals surface area contributed by atoms with E-state index >= 15 is 0 Å². The van der Waals surface area contributed by atoms with Gasteiger partial charge in [0.2, 0.25) is 15.9 Å². The summed E-state index contributed by atoms with van der Waals surface area (Å²) in [5.41, 5.74) is 3.00. The Morgan fingerprint density at radius 2 is 1.76 bits per heavy atom. The van der Waals surface area contributed by atoms with Crippen LogP contribution in [0.4, 0.5) is 0 Å². The molecule has 29 heavy (non-hydrogen) atoms. The molecule has 2 aromatic rings. The first kappa shape index (κ1) is 21.5. The van der Waals surface area contributed by atoms with Gasteiger partial charge in [-0.1, -0.05) is 55.0 Å². The molecule has 156 valence electrons. The van der Waals surface area contributed by atoms with E-state index in [1.54, 1.807) is 6.07 Å². The van der Waals surface area contributed by atoms with Gasteiger partial charge in [-0.3, -0.25) is 4.79 Å². The van der Waals surface area contributed by atoms with Gasteiger partial charge in [0.05, 0.1) is 4.90 Å². The van der Waals surface area contributed by atoms with Crippen LogP contribution in [0.5, 0.6) is 0 Å². The number of carbonyl (C=O) groups excluding carboxylic acids is 1. The molecule has 1 aliphatic heterocycles. The topological polar surface area (TPSA) is 66.5 Å². The Bertz CT molecular complexity index is 949. The van der Waals surface area contributed by atoms with E-state index in [-0.39, 0.29) is 17.7 Å². The average Bonchev–Trinajstić information content (AvgIpc) is 2.72. The quantitative estimate of drug-likeness (QED) is 0.785. The molecule has 2 aromatic carbocycles. The fraction of sp³-hybridized carbons (Fsp3) is 0.435. The maximum absolute atomic E-state index is 13.0. The molecule has 1 atom stereocenters. The van der Waals surface area contributed by atoms with Gasteiger partial charge in [0, 0.05) is 25.6 Å². The Morgan fingerprint density at radius 1 is 1.10 bits per heavy atom. The normalized spacial score (nSPS) is 17.1. The lowest BCUT2D eigenvalue weighted by Crippen LogP contribution is -2.43. The second-order valence-electron chi connectivity index (χ2n) is 8.00. The Labute approximate surface area is 174 Å². The Hall–Kier alpha value is -2.18. The number of carbonyl (C=O) groups is 1. The van der Waals surface area contributed by atoms with Crippen molar-refractivity contribution in [1.82, 2.24) is 9.62 Å². The van der Waals surface area contributed by atoms with Crippen LogP contribution in [0.1, 0.15) is 42.4 Å². The number of aryl methyl sites for hydroxylation is 2. The highest BCUT2D eigenvalue weighted by molar-refractivity contribution is 7.89. The highest BCUT2D eigenvalue weighted by Gasteiger charge is 2.32. The molecule has 1 unspecified atom stereocenters. The van der Waals surface area contributed by atoms with Crippen molar-refractivity contribution in [2.45, 2.75) is 44.4 Å². The van der Waals surface area contributed by atoms with Crippen molar-refractivity contribution in [1.29, 1.82) is 0 Å². The molecular weight excluding hydrogens is 384 g/mol. The average molecular weight is 415 g/mol. The lowest BCUT2D eigenvalue weighted by Gasteiger charge is -2.31. The number of rotatable bonds is 6. The van der Waals surface area contributed by atoms with Crippen LogP contribution in [0.3, 0.4) is 0 Å². The number of nitrogens with zero attached hydrogens (tertiary/aromatic N) is 1. The van der Waals surface area contributed by atoms with Crippen molar-refractivity contribution < 1.29 is 13.2 Å². The fourth-order valence-electron chi connectivity index (χ4n) is 3.88. The lowest BCUT2D eigenvalue weighted by molar-refractivity contribution is -0.126. The van der Waals surface area contributed by atoms with Gasteiger partial charge in [-0.05, 0) is 49.8 Å². The first-order valence-electron chi connectivity index (χ1n) is 10.2. The number of amides is 1. The molecule has 0 aliphatic carbocycles. The van der Waals surface area contributed by atoms with Gasteiger partial charge in [0.1, 0.15) is 0 Å². The number of piperidine rings is 1. The maximum atomic E-state index is 13.0. The zero-order valence-electron chi connectivity index (χ0n) is 17.4. The summed E-state index contributed by atoms with van der Waals surface area (Å²) in [5, 5.41) is 3.04. The molecule has 5 nitrogen and oxygen atoms in total. The molecule has 0 spiro atoms. The van der Waals surface area contributed by atoms with E-state index in [1.165, 1.54) is 9.87 Å². The van der Waals surface area contributed by atoms with Gasteiger partial charge >= 0.3 is 0 Å². The second kappa shape index (κ2) is 9.09. The van der Waals surface area contributed by atoms with Gasteiger partial charge in [0.25, 0.3) is 0 Å². The molecule has 0 saturated carbocycles. The number of sulfonamides is 1. The van der Waals surface area contributed by atoms with Crippen molar-refractivity contribution in [3.05, 3.63) is 65.2 Å². The standard InChI is InChI=1S/C23H30N2O3S/c1-17-9-10-22(18(2)15-17)29(27,28)25-13-11-21(12-14-25)23(26)24-16-19(3)20-7-5-4-6-8-20/h4-10,15,19,21H,11-14,16H2,1-3H3,(H,24,26). The summed E-state index contributed by atoms with van der Waals surface area (Å²) in [5.74, 6) is 0.130. The molecule has 0 radical (unpaired) electrons. The Morgan fingerprint density at radius 3 is 2.38 bits per heavy atom. The van der Waals surface area contributed by atoms with Gasteiger partial charge in [-0.2, -0.15) is 4.31 Å². The van der Waals surface area contributed by atoms with E-state index in [4.69, 9.17) is 0 Å². The van der Waals surface area contributed by atoms with Crippen LogP contribution in [0, 0.1) is 19.8 Å². The van der Waals surface area contributed by atoms with E-state index in [0.717, 1.165) is 11.1 Å². The first-order valence-corrected chi connectivity index (χ1v) is 11.6. The van der Waals surface area contributed by atoms with Gasteiger partial charge < -0.3 is 5.32 Å². The van der Waals surface area contributed by atoms with Crippen molar-refractivity contribution in [2.24, 2.45) is 5.92 Å². The number of hydrogen-bond donors (Lipinski definition) is 1. The van der Waals surface area contributed by atoms with Crippen LogP contribution in [-0.2, 0) is 14.8 Å². The maximum Gasteiger partial charge on any atom is 0.243 e. The van der Waals surface area contributed by atoms with Crippen LogP contribution < -0.4 is 5.32 Å². The molecule has 1 heterocycles. The summed E-state index contributed by atoms with van der Waals surface area (Å²) in [6.45, 7) is 7.21. The van der Waals surface area contributed by atoms with E-state index < -0.39 is 10.0 Å². The van der Waals surface area contributed by atoms with Gasteiger partial charge in [-0.15, -0.1) is 0 Å². The summed E-state index contributed by atoms with van der Waals surface area (Å²) >= 11 is 0. The molecule has 1 N–H and O–H groups in total. The molecule has 1 fully saturated rings. The molecule has 6 heteroatoms. The van der Waals surface area contributed by atoms with Crippen molar-refractivity contribution >= 4 is 15.9 Å². The fourth-order valence-corrected chi connectivity index (χ4v) is 5.56. The summed E-state index contributed by atoms with van der Waals surface area (Å²) in [7, 11) is -3.52. The van der Waals surface area contributed by atoms with Crippen LogP contribution in [0.25, 0.3) is 0 Å². The minimum atomic E-state index is -3.52. The summed E-state index contributed by atoms with van der Waals surface area (Å²) < 4.78 is 27.5. The van der Waals surface area contributed by atoms with Crippen molar-refractivity contribution in [3.8, 4) is 0 Å². The van der Waals surface area contributed by atoms with Crippen molar-refractivity contribution in [3.63, 3.8) is 0 Å². The van der Waals surface area contributed by atoms with E-state index in [9.17, 15) is 13.2 Å². The van der Waals surface area contributed by atoms with Crippen LogP contribution in [0.2, 0.25) is 0 Å². The minimum Gasteiger partial charge on any atom is -0.355 e. The summed E-state index contributed by atoms with van der Waals surface area (Å²) in [4.78, 5) is 12.9. The van der Waals surface area contributed by atoms with E-state index in [0.29, 0.717) is 37.4 Å². The number of nitrogens with one attached hydrogen (secondary N) is 1. The third kappa shape index (κ3) is 5.06. The molecule has 3 rings (SSSR count). The molecule has 1 aliphatic rings. The molecule has 1 saturated heterocycles. The monoisotopic (exact) mass is 414 g/mol. The van der Waals surface area contributed by atoms with Crippen LogP contribution >= 0.6 is 0 Å². The second-order valence-corrected chi connectivity index (χ2v) is 9.91. The van der Waals surface area contributed by atoms with Crippen LogP contribution in [-0.4, -0.2) is 38.3 Å². The SMILES string of the molecule is Cc1ccc(S(=O)(=O)N2CCC(C(=O)NCC(C)c3ccccc3)CC2)c(C)c1. The summed E-state index contributed by atoms with van der Waals surface area (Å²) in [6, 6.07) is 15.5. The highest BCUT2D eigenvalue weighted by Crippen LogP contribution is 2.26. The zero-order chi connectivity index (χ0) is 21.0. The van der Waals surface area contributed by atoms with Gasteiger partial charge in [-0.25, -0.2) is 8.42 Å². The predicted octanol–water partition coefficient (Wildman–Crippen LogP) is 3.62. The Kier molecular flexibility index (Phi) is 6.75. The lowest BCUT2D eigenvalue weighted by atomic mass is 9.96. The molecule has 0 bridgehead atoms. The smallest absolute Gasteiger partial charge is 0.243 e. The highest BCUT2D eigenvalue weighted by atomic mass is 32.2. The Balaban J connectivity index is 1.55. The predicted molar refractivity (Wildman–Crippen MR) is 115 cm³/mol.